The van der Waals surface area contributed by atoms with Gasteiger partial charge in [-0.25, -0.2) is 0 Å². The first-order chi connectivity index (χ1) is 5.79. The molecule has 0 radical (unpaired) electrons. The number of terminal acetylenes is 1. The smallest absolute Gasteiger partial charge is 0.150 e. The van der Waals surface area contributed by atoms with Gasteiger partial charge in [-0.2, -0.15) is 5.26 Å². The van der Waals surface area contributed by atoms with Gasteiger partial charge in [0.2, 0.25) is 0 Å². The minimum Gasteiger partial charge on any atom is -0.298 e. The number of carbonyl (C=O) groups is 1. The predicted octanol–water partition coefficient (Wildman–Crippen LogP) is 1.52. The van der Waals surface area contributed by atoms with Gasteiger partial charge in [0, 0.05) is 12.8 Å². The van der Waals surface area contributed by atoms with Gasteiger partial charge in [-0.1, -0.05) is 0 Å². The Labute approximate surface area is 72.6 Å². The van der Waals surface area contributed by atoms with Crippen LogP contribution in [-0.4, -0.2) is 5.78 Å². The Hall–Kier alpha value is -1.28. The van der Waals surface area contributed by atoms with Crippen molar-refractivity contribution in [2.45, 2.75) is 25.7 Å². The van der Waals surface area contributed by atoms with Crippen molar-refractivity contribution in [3.63, 3.8) is 0 Å². The molecular formula is C10H11NO. The fraction of sp³-hybridized carbons (Fsp3) is 0.600. The molecule has 1 fully saturated rings. The molecule has 0 bridgehead atoms. The topological polar surface area (TPSA) is 40.9 Å². The highest BCUT2D eigenvalue weighted by Gasteiger charge is 2.33. The summed E-state index contributed by atoms with van der Waals surface area (Å²) in [7, 11) is 0. The standard InChI is InChI=1S/C10H11NO/c1-2-3-4-8-5-6-10(12)9(8)7-11/h1,8-9H,3-6H2. The summed E-state index contributed by atoms with van der Waals surface area (Å²) in [6.45, 7) is 0. The van der Waals surface area contributed by atoms with Gasteiger partial charge in [-0.15, -0.1) is 12.3 Å². The number of Topliss-reactive ketones (excluding diaryl/α,β-unsaturated/α-hetero) is 1. The lowest BCUT2D eigenvalue weighted by molar-refractivity contribution is -0.119. The zero-order chi connectivity index (χ0) is 8.97. The average molecular weight is 161 g/mol. The summed E-state index contributed by atoms with van der Waals surface area (Å²) in [5, 5.41) is 8.68. The summed E-state index contributed by atoms with van der Waals surface area (Å²) in [6.07, 6.45) is 8.02. The molecule has 0 amide bonds. The van der Waals surface area contributed by atoms with E-state index < -0.39 is 0 Å². The molecule has 62 valence electrons. The van der Waals surface area contributed by atoms with Gasteiger partial charge in [0.15, 0.2) is 0 Å². The fourth-order valence-corrected chi connectivity index (χ4v) is 1.67. The second kappa shape index (κ2) is 3.93. The van der Waals surface area contributed by atoms with Gasteiger partial charge in [0.25, 0.3) is 0 Å². The number of nitrogens with zero attached hydrogens (tertiary/aromatic N) is 1. The normalized spacial score (nSPS) is 28.0. The third-order valence-corrected chi connectivity index (χ3v) is 2.38. The molecular weight excluding hydrogens is 150 g/mol. The zero-order valence-corrected chi connectivity index (χ0v) is 6.92. The van der Waals surface area contributed by atoms with E-state index in [0.717, 1.165) is 12.8 Å². The van der Waals surface area contributed by atoms with Crippen LogP contribution in [0.2, 0.25) is 0 Å². The van der Waals surface area contributed by atoms with Crippen LogP contribution in [0.3, 0.4) is 0 Å². The van der Waals surface area contributed by atoms with Crippen LogP contribution in [0.1, 0.15) is 25.7 Å². The molecule has 1 aliphatic carbocycles. The summed E-state index contributed by atoms with van der Waals surface area (Å²) < 4.78 is 0. The molecule has 2 heteroatoms. The molecule has 0 aliphatic heterocycles. The number of hydrogen-bond donors (Lipinski definition) is 0. The molecule has 2 nitrogen and oxygen atoms in total. The molecule has 0 saturated heterocycles. The first kappa shape index (κ1) is 8.81. The highest BCUT2D eigenvalue weighted by Crippen LogP contribution is 2.31. The van der Waals surface area contributed by atoms with Crippen LogP contribution in [0.5, 0.6) is 0 Å². The minimum atomic E-state index is -0.377. The Morgan fingerprint density at radius 1 is 1.67 bits per heavy atom. The fourth-order valence-electron chi connectivity index (χ4n) is 1.67. The van der Waals surface area contributed by atoms with Crippen molar-refractivity contribution in [1.29, 1.82) is 5.26 Å². The predicted molar refractivity (Wildman–Crippen MR) is 44.9 cm³/mol. The van der Waals surface area contributed by atoms with E-state index in [0.29, 0.717) is 12.8 Å². The van der Waals surface area contributed by atoms with E-state index in [-0.39, 0.29) is 17.6 Å². The third-order valence-electron chi connectivity index (χ3n) is 2.38. The SMILES string of the molecule is C#CCCC1CCC(=O)C1C#N. The monoisotopic (exact) mass is 161 g/mol. The average Bonchev–Trinajstić information content (AvgIpc) is 2.43. The maximum Gasteiger partial charge on any atom is 0.150 e. The molecule has 2 atom stereocenters. The number of hydrogen-bond acceptors (Lipinski definition) is 2. The maximum atomic E-state index is 11.1. The molecule has 0 N–H and O–H groups in total. The zero-order valence-electron chi connectivity index (χ0n) is 6.92. The van der Waals surface area contributed by atoms with Crippen LogP contribution in [0, 0.1) is 35.5 Å². The van der Waals surface area contributed by atoms with E-state index in [1.807, 2.05) is 0 Å². The Bertz CT molecular complexity index is 256. The van der Waals surface area contributed by atoms with E-state index in [2.05, 4.69) is 12.0 Å². The van der Waals surface area contributed by atoms with Gasteiger partial charge < -0.3 is 0 Å². The highest BCUT2D eigenvalue weighted by molar-refractivity contribution is 5.85. The van der Waals surface area contributed by atoms with E-state index in [1.54, 1.807) is 0 Å². The molecule has 0 heterocycles. The lowest BCUT2D eigenvalue weighted by atomic mass is 9.92. The molecule has 0 aromatic carbocycles. The van der Waals surface area contributed by atoms with Gasteiger partial charge in [-0.05, 0) is 18.8 Å². The third kappa shape index (κ3) is 1.66. The number of nitriles is 1. The molecule has 1 rings (SSSR count). The minimum absolute atomic E-state index is 0.0968. The van der Waals surface area contributed by atoms with E-state index in [1.165, 1.54) is 0 Å². The molecule has 1 aliphatic rings. The summed E-state index contributed by atoms with van der Waals surface area (Å²) in [5.41, 5.74) is 0. The molecule has 0 aromatic rings. The Kier molecular flexibility index (Phi) is 2.88. The van der Waals surface area contributed by atoms with Crippen LogP contribution >= 0.6 is 0 Å². The summed E-state index contributed by atoms with van der Waals surface area (Å²) in [6, 6.07) is 2.05. The van der Waals surface area contributed by atoms with Crippen molar-refractivity contribution < 1.29 is 4.79 Å². The van der Waals surface area contributed by atoms with Crippen molar-refractivity contribution in [3.05, 3.63) is 0 Å². The molecule has 1 saturated carbocycles. The van der Waals surface area contributed by atoms with Gasteiger partial charge >= 0.3 is 0 Å². The van der Waals surface area contributed by atoms with Gasteiger partial charge in [-0.3, -0.25) is 4.79 Å². The lowest BCUT2D eigenvalue weighted by Crippen LogP contribution is -2.11. The van der Waals surface area contributed by atoms with Crippen LogP contribution in [0.25, 0.3) is 0 Å². The number of rotatable bonds is 2. The molecule has 0 aromatic heterocycles. The summed E-state index contributed by atoms with van der Waals surface area (Å²) >= 11 is 0. The maximum absolute atomic E-state index is 11.1. The van der Waals surface area contributed by atoms with Crippen molar-refractivity contribution in [1.82, 2.24) is 0 Å². The van der Waals surface area contributed by atoms with Crippen molar-refractivity contribution >= 4 is 5.78 Å². The van der Waals surface area contributed by atoms with E-state index in [9.17, 15) is 4.79 Å². The molecule has 2 unspecified atom stereocenters. The van der Waals surface area contributed by atoms with Crippen molar-refractivity contribution in [2.24, 2.45) is 11.8 Å². The quantitative estimate of drug-likeness (QED) is 0.576. The lowest BCUT2D eigenvalue weighted by Gasteiger charge is -2.08. The largest absolute Gasteiger partial charge is 0.298 e. The van der Waals surface area contributed by atoms with Crippen LogP contribution in [0.4, 0.5) is 0 Å². The van der Waals surface area contributed by atoms with Crippen LogP contribution in [-0.2, 0) is 4.79 Å². The van der Waals surface area contributed by atoms with Gasteiger partial charge in [0.1, 0.15) is 11.7 Å². The van der Waals surface area contributed by atoms with Crippen LogP contribution < -0.4 is 0 Å². The van der Waals surface area contributed by atoms with E-state index in [4.69, 9.17) is 11.7 Å². The first-order valence-electron chi connectivity index (χ1n) is 4.15. The van der Waals surface area contributed by atoms with Gasteiger partial charge in [0.05, 0.1) is 6.07 Å². The Morgan fingerprint density at radius 2 is 2.42 bits per heavy atom. The molecule has 0 spiro atoms. The summed E-state index contributed by atoms with van der Waals surface area (Å²) in [5.74, 6) is 2.47. The first-order valence-corrected chi connectivity index (χ1v) is 4.15. The van der Waals surface area contributed by atoms with E-state index >= 15 is 0 Å². The number of ketones is 1. The highest BCUT2D eigenvalue weighted by atomic mass is 16.1. The summed E-state index contributed by atoms with van der Waals surface area (Å²) in [4.78, 5) is 11.1. The number of carbonyl (C=O) groups excluding carboxylic acids is 1. The molecule has 12 heavy (non-hydrogen) atoms. The Balaban J connectivity index is 2.51. The van der Waals surface area contributed by atoms with Crippen molar-refractivity contribution in [2.75, 3.05) is 0 Å². The second-order valence-electron chi connectivity index (χ2n) is 3.11. The van der Waals surface area contributed by atoms with Crippen LogP contribution in [0.15, 0.2) is 0 Å². The Morgan fingerprint density at radius 3 is 3.00 bits per heavy atom. The van der Waals surface area contributed by atoms with Crippen molar-refractivity contribution in [3.8, 4) is 18.4 Å². The second-order valence-corrected chi connectivity index (χ2v) is 3.11.